The van der Waals surface area contributed by atoms with Crippen molar-refractivity contribution in [3.05, 3.63) is 97.5 Å². The summed E-state index contributed by atoms with van der Waals surface area (Å²) < 4.78 is 0. The molecule has 0 N–H and O–H groups in total. The van der Waals surface area contributed by atoms with Crippen LogP contribution in [0, 0.1) is 67.6 Å². The smallest absolute Gasteiger partial charge is 0.330 e. The summed E-state index contributed by atoms with van der Waals surface area (Å²) in [6, 6.07) is 0.750. The van der Waals surface area contributed by atoms with Gasteiger partial charge in [-0.3, -0.25) is 50.6 Å². The average molecular weight is 516 g/mol. The molecule has 1 heterocycles. The Hall–Kier alpha value is -5.36. The van der Waals surface area contributed by atoms with Crippen LogP contribution in [0.1, 0.15) is 30.1 Å². The van der Waals surface area contributed by atoms with Gasteiger partial charge < -0.3 is 5.21 Å². The maximum absolute atomic E-state index is 13.6. The van der Waals surface area contributed by atoms with Crippen molar-refractivity contribution in [2.45, 2.75) is 24.3 Å². The predicted molar refractivity (Wildman–Crippen MR) is 115 cm³/mol. The van der Waals surface area contributed by atoms with Crippen LogP contribution >= 0.6 is 0 Å². The molecule has 0 spiro atoms. The van der Waals surface area contributed by atoms with Gasteiger partial charge in [0.25, 0.3) is 16.9 Å². The lowest BCUT2D eigenvalue weighted by molar-refractivity contribution is -0.702. The Morgan fingerprint density at radius 2 is 1.51 bits per heavy atom. The molecule has 1 aromatic carbocycles. The summed E-state index contributed by atoms with van der Waals surface area (Å²) in [4.78, 5) is 53.7. The molecule has 190 valence electrons. The van der Waals surface area contributed by atoms with E-state index >= 15 is 0 Å². The van der Waals surface area contributed by atoms with E-state index in [0.717, 1.165) is 6.08 Å². The Labute approximate surface area is 202 Å². The highest BCUT2D eigenvalue weighted by Gasteiger charge is 2.69. The van der Waals surface area contributed by atoms with Crippen molar-refractivity contribution >= 4 is 22.8 Å². The fourth-order valence-corrected chi connectivity index (χ4v) is 5.57. The number of non-ortho nitro benzene ring substituents is 1. The lowest BCUT2D eigenvalue weighted by atomic mass is 9.55. The highest BCUT2D eigenvalue weighted by atomic mass is 16.6. The number of nitro benzene ring substituents is 3. The van der Waals surface area contributed by atoms with Gasteiger partial charge in [0, 0.05) is 9.72 Å². The van der Waals surface area contributed by atoms with Crippen LogP contribution in [-0.2, 0) is 0 Å². The monoisotopic (exact) mass is 516 g/mol. The van der Waals surface area contributed by atoms with Crippen molar-refractivity contribution in [1.82, 2.24) is 9.90 Å². The molecule has 0 unspecified atom stereocenters. The van der Waals surface area contributed by atoms with Gasteiger partial charge in [-0.1, -0.05) is 12.2 Å². The van der Waals surface area contributed by atoms with Crippen molar-refractivity contribution in [2.75, 3.05) is 0 Å². The summed E-state index contributed by atoms with van der Waals surface area (Å²) in [5.74, 6) is -2.71. The first-order valence-electron chi connectivity index (χ1n) is 10.4. The molecular formula is C18H12N8O11. The molecule has 6 rings (SSSR count). The molecule has 0 amide bonds. The first kappa shape index (κ1) is 23.4. The zero-order valence-electron chi connectivity index (χ0n) is 18.1. The lowest BCUT2D eigenvalue weighted by Gasteiger charge is -2.46. The molecule has 0 aliphatic heterocycles. The fraction of sp³-hybridized carbons (Fsp3) is 0.333. The largest absolute Gasteiger partial charge is 0.692 e. The van der Waals surface area contributed by atoms with Crippen LogP contribution in [0.15, 0.2) is 30.4 Å². The van der Waals surface area contributed by atoms with Gasteiger partial charge in [0.15, 0.2) is 0 Å². The number of hydrogen-bond acceptors (Lipinski definition) is 12. The van der Waals surface area contributed by atoms with Crippen LogP contribution < -0.4 is 4.85 Å². The first-order chi connectivity index (χ1) is 17.4. The van der Waals surface area contributed by atoms with Gasteiger partial charge in [0.2, 0.25) is 5.69 Å². The molecule has 1 fully saturated rings. The molecule has 0 radical (unpaired) electrons. The minimum Gasteiger partial charge on any atom is -0.692 e. The van der Waals surface area contributed by atoms with E-state index in [1.54, 1.807) is 12.2 Å². The second-order valence-electron chi connectivity index (χ2n) is 8.64. The topological polar surface area (TPSA) is 260 Å². The lowest BCUT2D eigenvalue weighted by Crippen LogP contribution is -2.60. The Bertz CT molecular complexity index is 1490. The van der Waals surface area contributed by atoms with E-state index in [4.69, 9.17) is 0 Å². The molecule has 19 nitrogen and oxygen atoms in total. The Morgan fingerprint density at radius 3 is 1.97 bits per heavy atom. The molecule has 1 saturated carbocycles. The van der Waals surface area contributed by atoms with Gasteiger partial charge >= 0.3 is 22.8 Å². The second kappa shape index (κ2) is 7.57. The normalized spacial score (nSPS) is 25.1. The van der Waals surface area contributed by atoms with Crippen LogP contribution in [0.3, 0.4) is 0 Å². The van der Waals surface area contributed by atoms with E-state index in [9.17, 15) is 55.8 Å². The fourth-order valence-electron chi connectivity index (χ4n) is 5.57. The summed E-state index contributed by atoms with van der Waals surface area (Å²) in [5, 5.41) is 76.3. The summed E-state index contributed by atoms with van der Waals surface area (Å²) >= 11 is 0. The van der Waals surface area contributed by atoms with Crippen molar-refractivity contribution in [2.24, 2.45) is 11.8 Å². The van der Waals surface area contributed by atoms with Crippen molar-refractivity contribution in [1.29, 1.82) is 0 Å². The van der Waals surface area contributed by atoms with Crippen LogP contribution in [0.5, 0.6) is 0 Å². The molecular weight excluding hydrogens is 504 g/mol. The average Bonchev–Trinajstić information content (AvgIpc) is 3.19. The number of rotatable bonds is 6. The summed E-state index contributed by atoms with van der Waals surface area (Å²) in [7, 11) is 0. The number of benzene rings is 1. The number of nitrogens with zero attached hydrogens (tertiary/aromatic N) is 8. The maximum Gasteiger partial charge on any atom is 0.330 e. The molecule has 4 aliphatic rings. The standard InChI is InChI=1S/C18H12N8O11/c27-21-17-14-8-1-3-9(4-2-8)18(14,26(36)37)7-13(25(34)35)15(17)19-20(21)16-11(23(30)31)5-10(22(28)29)6-12(16)24(32)33/h1,3,5-9,14H,2,4H2/t8-,9+,14-,18+/m1/s1. The molecule has 0 saturated heterocycles. The summed E-state index contributed by atoms with van der Waals surface area (Å²) in [6.45, 7) is 0. The van der Waals surface area contributed by atoms with Crippen LogP contribution in [0.25, 0.3) is 11.4 Å². The van der Waals surface area contributed by atoms with E-state index in [-0.39, 0.29) is 9.64 Å². The van der Waals surface area contributed by atoms with Gasteiger partial charge in [-0.15, -0.1) is 4.85 Å². The van der Waals surface area contributed by atoms with Gasteiger partial charge in [0.1, 0.15) is 5.92 Å². The first-order valence-corrected chi connectivity index (χ1v) is 10.4. The van der Waals surface area contributed by atoms with Crippen LogP contribution in [-0.4, -0.2) is 40.1 Å². The predicted octanol–water partition coefficient (Wildman–Crippen LogP) is 1.56. The molecule has 2 aromatic rings. The number of nitro groups is 5. The quantitative estimate of drug-likeness (QED) is 0.174. The second-order valence-corrected chi connectivity index (χ2v) is 8.64. The number of aromatic nitrogens is 3. The molecule has 19 heteroatoms. The SMILES string of the molecule is O=[N+]([O-])C1=C[C@]2([N+](=O)[O-])[C@H]3C=C[C@H](CC3)[C@@H]2c2c1nn(-c1c([N+](=O)[O-])cc([N+](=O)[O-])cc1[N+](=O)[O-])[n+]2[O-]. The Balaban J connectivity index is 1.87. The third-order valence-electron chi connectivity index (χ3n) is 7.01. The van der Waals surface area contributed by atoms with E-state index < -0.39 is 87.7 Å². The highest BCUT2D eigenvalue weighted by Crippen LogP contribution is 2.57. The van der Waals surface area contributed by atoms with Gasteiger partial charge in [0.05, 0.1) is 48.9 Å². The summed E-state index contributed by atoms with van der Waals surface area (Å²) in [5.41, 5.74) is -8.83. The van der Waals surface area contributed by atoms with Crippen molar-refractivity contribution in [3.63, 3.8) is 0 Å². The summed E-state index contributed by atoms with van der Waals surface area (Å²) in [6.07, 6.45) is 4.71. The zero-order chi connectivity index (χ0) is 27.0. The van der Waals surface area contributed by atoms with Gasteiger partial charge in [-0.2, -0.15) is 0 Å². The van der Waals surface area contributed by atoms with Crippen molar-refractivity contribution < 1.29 is 29.5 Å². The Morgan fingerprint density at radius 1 is 0.892 bits per heavy atom. The van der Waals surface area contributed by atoms with Gasteiger partial charge in [-0.25, -0.2) is 0 Å². The molecule has 2 bridgehead atoms. The molecule has 1 aromatic heterocycles. The van der Waals surface area contributed by atoms with E-state index in [2.05, 4.69) is 5.10 Å². The molecule has 4 atom stereocenters. The number of fused-ring (bicyclic) bond motifs is 2. The van der Waals surface area contributed by atoms with Crippen molar-refractivity contribution in [3.8, 4) is 5.69 Å². The van der Waals surface area contributed by atoms with E-state index in [1.807, 2.05) is 0 Å². The third kappa shape index (κ3) is 2.99. The number of hydrogen-bond donors (Lipinski definition) is 0. The molecule has 37 heavy (non-hydrogen) atoms. The highest BCUT2D eigenvalue weighted by molar-refractivity contribution is 5.70. The minimum atomic E-state index is -2.10. The third-order valence-corrected chi connectivity index (χ3v) is 7.01. The maximum atomic E-state index is 13.6. The Kier molecular flexibility index (Phi) is 4.78. The van der Waals surface area contributed by atoms with Gasteiger partial charge in [-0.05, 0) is 18.8 Å². The number of allylic oxidation sites excluding steroid dienone is 1. The van der Waals surface area contributed by atoms with Crippen LogP contribution in [0.2, 0.25) is 0 Å². The van der Waals surface area contributed by atoms with Crippen LogP contribution in [0.4, 0.5) is 17.1 Å². The zero-order valence-corrected chi connectivity index (χ0v) is 18.1. The minimum absolute atomic E-state index is 0.115. The molecule has 4 aliphatic carbocycles. The van der Waals surface area contributed by atoms with E-state index in [0.29, 0.717) is 25.0 Å². The van der Waals surface area contributed by atoms with E-state index in [1.165, 1.54) is 0 Å².